The zero-order chi connectivity index (χ0) is 19.7. The predicted octanol–water partition coefficient (Wildman–Crippen LogP) is 1.97. The van der Waals surface area contributed by atoms with Crippen molar-refractivity contribution in [3.63, 3.8) is 0 Å². The number of amides is 1. The number of carbonyl (C=O) groups excluding carboxylic acids is 1. The van der Waals surface area contributed by atoms with Gasteiger partial charge in [0, 0.05) is 30.2 Å². The van der Waals surface area contributed by atoms with Crippen LogP contribution in [0, 0.1) is 13.8 Å². The highest BCUT2D eigenvalue weighted by Gasteiger charge is 2.24. The van der Waals surface area contributed by atoms with E-state index in [0.717, 1.165) is 33.9 Å². The molecule has 0 saturated carbocycles. The summed E-state index contributed by atoms with van der Waals surface area (Å²) in [5.41, 5.74) is 0.814. The van der Waals surface area contributed by atoms with Crippen LogP contribution in [-0.2, 0) is 11.3 Å². The molecule has 4 rings (SSSR count). The summed E-state index contributed by atoms with van der Waals surface area (Å²) in [6, 6.07) is 3.99. The Bertz CT molecular complexity index is 1050. The van der Waals surface area contributed by atoms with E-state index in [9.17, 15) is 9.59 Å². The molecule has 0 aromatic carbocycles. The van der Waals surface area contributed by atoms with Crippen LogP contribution >= 0.6 is 11.3 Å². The first-order chi connectivity index (χ1) is 13.5. The maximum atomic E-state index is 12.8. The standard InChI is InChI=1S/C19H22N6O2S/c1-12-13(2)28-18-17(12)19(27)25(11-20-18)10-16(26)24-8-5-14(6-9-24)22-15-4-3-7-21-23-15/h3-4,7,11,14H,5-6,8-10H2,1-2H3,(H,22,23). The molecular weight excluding hydrogens is 376 g/mol. The topological polar surface area (TPSA) is 93.0 Å². The van der Waals surface area contributed by atoms with Crippen molar-refractivity contribution >= 4 is 33.3 Å². The Labute approximate surface area is 166 Å². The summed E-state index contributed by atoms with van der Waals surface area (Å²) >= 11 is 1.51. The van der Waals surface area contributed by atoms with Gasteiger partial charge < -0.3 is 10.2 Å². The first kappa shape index (κ1) is 18.5. The molecule has 0 atom stereocenters. The van der Waals surface area contributed by atoms with Gasteiger partial charge in [0.05, 0.1) is 11.7 Å². The fourth-order valence-corrected chi connectivity index (χ4v) is 4.48. The van der Waals surface area contributed by atoms with Crippen molar-refractivity contribution in [2.75, 3.05) is 18.4 Å². The van der Waals surface area contributed by atoms with Crippen LogP contribution in [0.15, 0.2) is 29.5 Å². The number of likely N-dealkylation sites (tertiary alicyclic amines) is 1. The quantitative estimate of drug-likeness (QED) is 0.722. The molecule has 0 aliphatic carbocycles. The fraction of sp³-hybridized carbons (Fsp3) is 0.421. The van der Waals surface area contributed by atoms with Crippen molar-refractivity contribution in [3.8, 4) is 0 Å². The molecule has 1 fully saturated rings. The molecule has 146 valence electrons. The van der Waals surface area contributed by atoms with E-state index in [-0.39, 0.29) is 24.1 Å². The molecule has 0 spiro atoms. The van der Waals surface area contributed by atoms with E-state index in [2.05, 4.69) is 20.5 Å². The average Bonchev–Trinajstić information content (AvgIpc) is 3.00. The summed E-state index contributed by atoms with van der Waals surface area (Å²) in [5.74, 6) is 0.699. The second-order valence-corrected chi connectivity index (χ2v) is 8.25. The number of aromatic nitrogens is 4. The molecule has 1 aliphatic rings. The Morgan fingerprint density at radius 3 is 2.82 bits per heavy atom. The molecule has 3 aromatic heterocycles. The van der Waals surface area contributed by atoms with Gasteiger partial charge in [-0.1, -0.05) is 0 Å². The minimum Gasteiger partial charge on any atom is -0.366 e. The van der Waals surface area contributed by atoms with Crippen molar-refractivity contribution in [1.82, 2.24) is 24.6 Å². The van der Waals surface area contributed by atoms with Gasteiger partial charge in [-0.15, -0.1) is 16.4 Å². The van der Waals surface area contributed by atoms with Gasteiger partial charge in [-0.25, -0.2) is 4.98 Å². The number of hydrogen-bond acceptors (Lipinski definition) is 7. The summed E-state index contributed by atoms with van der Waals surface area (Å²) in [6.45, 7) is 5.24. The maximum Gasteiger partial charge on any atom is 0.262 e. The second-order valence-electron chi connectivity index (χ2n) is 7.05. The van der Waals surface area contributed by atoms with Gasteiger partial charge in [-0.2, -0.15) is 5.10 Å². The van der Waals surface area contributed by atoms with Crippen molar-refractivity contribution in [3.05, 3.63) is 45.5 Å². The van der Waals surface area contributed by atoms with Crippen LogP contribution in [0.2, 0.25) is 0 Å². The van der Waals surface area contributed by atoms with Crippen molar-refractivity contribution in [2.24, 2.45) is 0 Å². The van der Waals surface area contributed by atoms with Crippen LogP contribution in [0.5, 0.6) is 0 Å². The molecule has 9 heteroatoms. The molecule has 1 saturated heterocycles. The summed E-state index contributed by atoms with van der Waals surface area (Å²) in [7, 11) is 0. The molecule has 0 bridgehead atoms. The number of hydrogen-bond donors (Lipinski definition) is 1. The molecule has 8 nitrogen and oxygen atoms in total. The van der Waals surface area contributed by atoms with Gasteiger partial charge in [0.15, 0.2) is 0 Å². The van der Waals surface area contributed by atoms with Gasteiger partial charge in [-0.05, 0) is 44.4 Å². The van der Waals surface area contributed by atoms with Gasteiger partial charge in [-0.3, -0.25) is 14.2 Å². The molecule has 1 aliphatic heterocycles. The number of nitrogens with one attached hydrogen (secondary N) is 1. The lowest BCUT2D eigenvalue weighted by Gasteiger charge is -2.32. The number of anilines is 1. The average molecular weight is 398 g/mol. The van der Waals surface area contributed by atoms with E-state index >= 15 is 0 Å². The third-order valence-corrected chi connectivity index (χ3v) is 6.35. The Kier molecular flexibility index (Phi) is 5.08. The third kappa shape index (κ3) is 3.62. The molecule has 28 heavy (non-hydrogen) atoms. The largest absolute Gasteiger partial charge is 0.366 e. The maximum absolute atomic E-state index is 12.8. The van der Waals surface area contributed by atoms with Crippen LogP contribution in [0.25, 0.3) is 10.2 Å². The van der Waals surface area contributed by atoms with Gasteiger partial charge in [0.1, 0.15) is 17.2 Å². The van der Waals surface area contributed by atoms with Crippen LogP contribution in [0.4, 0.5) is 5.82 Å². The molecule has 3 aromatic rings. The molecule has 1 amide bonds. The summed E-state index contributed by atoms with van der Waals surface area (Å²) in [6.07, 6.45) is 4.79. The number of fused-ring (bicyclic) bond motifs is 1. The van der Waals surface area contributed by atoms with Crippen LogP contribution in [0.1, 0.15) is 23.3 Å². The van der Waals surface area contributed by atoms with Crippen molar-refractivity contribution in [2.45, 2.75) is 39.3 Å². The number of thiophene rings is 1. The van der Waals surface area contributed by atoms with Crippen LogP contribution in [-0.4, -0.2) is 49.7 Å². The van der Waals surface area contributed by atoms with E-state index in [0.29, 0.717) is 18.5 Å². The Morgan fingerprint density at radius 1 is 1.32 bits per heavy atom. The van der Waals surface area contributed by atoms with Crippen molar-refractivity contribution < 1.29 is 4.79 Å². The number of aryl methyl sites for hydroxylation is 2. The first-order valence-corrected chi connectivity index (χ1v) is 10.1. The molecule has 1 N–H and O–H groups in total. The Morgan fingerprint density at radius 2 is 2.11 bits per heavy atom. The predicted molar refractivity (Wildman–Crippen MR) is 109 cm³/mol. The second kappa shape index (κ2) is 7.67. The number of carbonyl (C=O) groups is 1. The highest BCUT2D eigenvalue weighted by Crippen LogP contribution is 2.25. The molecule has 0 radical (unpaired) electrons. The zero-order valence-electron chi connectivity index (χ0n) is 15.9. The number of piperidine rings is 1. The van der Waals surface area contributed by atoms with Crippen LogP contribution < -0.4 is 10.9 Å². The van der Waals surface area contributed by atoms with Gasteiger partial charge >= 0.3 is 0 Å². The SMILES string of the molecule is Cc1sc2ncn(CC(=O)N3CCC(Nc4cccnn4)CC3)c(=O)c2c1C. The molecular formula is C19H22N6O2S. The lowest BCUT2D eigenvalue weighted by Crippen LogP contribution is -2.44. The summed E-state index contributed by atoms with van der Waals surface area (Å²) < 4.78 is 1.42. The number of nitrogens with zero attached hydrogens (tertiary/aromatic N) is 5. The van der Waals surface area contributed by atoms with E-state index in [1.54, 1.807) is 6.20 Å². The number of rotatable bonds is 4. The summed E-state index contributed by atoms with van der Waals surface area (Å²) in [5, 5.41) is 11.9. The molecule has 0 unspecified atom stereocenters. The van der Waals surface area contributed by atoms with E-state index in [4.69, 9.17) is 0 Å². The Hall–Kier alpha value is -2.81. The minimum absolute atomic E-state index is 0.0262. The van der Waals surface area contributed by atoms with Gasteiger partial charge in [0.25, 0.3) is 5.56 Å². The monoisotopic (exact) mass is 398 g/mol. The lowest BCUT2D eigenvalue weighted by molar-refractivity contribution is -0.132. The lowest BCUT2D eigenvalue weighted by atomic mass is 10.0. The Balaban J connectivity index is 1.40. The van der Waals surface area contributed by atoms with Crippen LogP contribution in [0.3, 0.4) is 0 Å². The van der Waals surface area contributed by atoms with Crippen molar-refractivity contribution in [1.29, 1.82) is 0 Å². The smallest absolute Gasteiger partial charge is 0.262 e. The highest BCUT2D eigenvalue weighted by molar-refractivity contribution is 7.18. The van der Waals surface area contributed by atoms with E-state index in [1.807, 2.05) is 30.9 Å². The van der Waals surface area contributed by atoms with Gasteiger partial charge in [0.2, 0.25) is 5.91 Å². The molecule has 4 heterocycles. The summed E-state index contributed by atoms with van der Waals surface area (Å²) in [4.78, 5) is 33.5. The van der Waals surface area contributed by atoms with E-state index < -0.39 is 0 Å². The highest BCUT2D eigenvalue weighted by atomic mass is 32.1. The normalized spacial score (nSPS) is 15.1. The zero-order valence-corrected chi connectivity index (χ0v) is 16.7. The third-order valence-electron chi connectivity index (χ3n) is 5.23. The fourth-order valence-electron chi connectivity index (χ4n) is 3.49. The van der Waals surface area contributed by atoms with E-state index in [1.165, 1.54) is 22.2 Å². The first-order valence-electron chi connectivity index (χ1n) is 9.30. The minimum atomic E-state index is -0.139.